The lowest BCUT2D eigenvalue weighted by molar-refractivity contribution is 0.102. The Hall–Kier alpha value is -3.14. The van der Waals surface area contributed by atoms with Crippen molar-refractivity contribution >= 4 is 23.0 Å². The molecule has 22 heavy (non-hydrogen) atoms. The van der Waals surface area contributed by atoms with Crippen LogP contribution in [-0.4, -0.2) is 10.9 Å². The summed E-state index contributed by atoms with van der Waals surface area (Å²) in [6, 6.07) is 20.9. The third-order valence-corrected chi connectivity index (χ3v) is 3.15. The average molecular weight is 289 g/mol. The maximum absolute atomic E-state index is 12.0. The standard InChI is InChI=1S/C18H15N3O/c22-18(14-10-12-19-13-11-14)21-17-8-6-16(7-9-17)20-15-4-2-1-3-5-15/h1-13,20H,(H,21,22). The number of hydrogen-bond acceptors (Lipinski definition) is 3. The van der Waals surface area contributed by atoms with Crippen molar-refractivity contribution in [2.75, 3.05) is 10.6 Å². The topological polar surface area (TPSA) is 54.0 Å². The van der Waals surface area contributed by atoms with Crippen molar-refractivity contribution in [3.05, 3.63) is 84.7 Å². The summed E-state index contributed by atoms with van der Waals surface area (Å²) in [5.74, 6) is -0.147. The monoisotopic (exact) mass is 289 g/mol. The Kier molecular flexibility index (Phi) is 4.11. The Morgan fingerprint density at radius 1 is 0.727 bits per heavy atom. The predicted octanol–water partition coefficient (Wildman–Crippen LogP) is 4.08. The molecule has 108 valence electrons. The first-order valence-electron chi connectivity index (χ1n) is 6.95. The predicted molar refractivity (Wildman–Crippen MR) is 88.4 cm³/mol. The highest BCUT2D eigenvalue weighted by molar-refractivity contribution is 6.04. The molecule has 0 saturated heterocycles. The van der Waals surface area contributed by atoms with Gasteiger partial charge in [0.1, 0.15) is 0 Å². The van der Waals surface area contributed by atoms with Crippen molar-refractivity contribution in [2.24, 2.45) is 0 Å². The maximum Gasteiger partial charge on any atom is 0.255 e. The summed E-state index contributed by atoms with van der Waals surface area (Å²) in [4.78, 5) is 15.9. The molecule has 0 aliphatic rings. The lowest BCUT2D eigenvalue weighted by Crippen LogP contribution is -2.11. The van der Waals surface area contributed by atoms with E-state index in [2.05, 4.69) is 15.6 Å². The van der Waals surface area contributed by atoms with Crippen molar-refractivity contribution < 1.29 is 4.79 Å². The Balaban J connectivity index is 1.66. The van der Waals surface area contributed by atoms with Crippen LogP contribution in [0.3, 0.4) is 0 Å². The Morgan fingerprint density at radius 2 is 1.32 bits per heavy atom. The number of amides is 1. The third-order valence-electron chi connectivity index (χ3n) is 3.15. The van der Waals surface area contributed by atoms with E-state index in [1.807, 2.05) is 54.6 Å². The summed E-state index contributed by atoms with van der Waals surface area (Å²) < 4.78 is 0. The van der Waals surface area contributed by atoms with E-state index in [-0.39, 0.29) is 5.91 Å². The van der Waals surface area contributed by atoms with Gasteiger partial charge in [-0.1, -0.05) is 18.2 Å². The Labute approximate surface area is 128 Å². The van der Waals surface area contributed by atoms with Crippen molar-refractivity contribution in [1.29, 1.82) is 0 Å². The second kappa shape index (κ2) is 6.54. The second-order valence-electron chi connectivity index (χ2n) is 4.76. The van der Waals surface area contributed by atoms with Gasteiger partial charge in [-0.3, -0.25) is 9.78 Å². The molecule has 0 aliphatic heterocycles. The molecule has 3 aromatic rings. The van der Waals surface area contributed by atoms with Gasteiger partial charge in [-0.25, -0.2) is 0 Å². The summed E-state index contributed by atoms with van der Waals surface area (Å²) in [6.07, 6.45) is 3.20. The molecule has 1 aromatic heterocycles. The minimum absolute atomic E-state index is 0.147. The van der Waals surface area contributed by atoms with Gasteiger partial charge in [-0.15, -0.1) is 0 Å². The fourth-order valence-electron chi connectivity index (χ4n) is 2.03. The molecule has 0 radical (unpaired) electrons. The average Bonchev–Trinajstić information content (AvgIpc) is 2.58. The number of benzene rings is 2. The van der Waals surface area contributed by atoms with Crippen LogP contribution in [0.1, 0.15) is 10.4 Å². The SMILES string of the molecule is O=C(Nc1ccc(Nc2ccccc2)cc1)c1ccncc1. The van der Waals surface area contributed by atoms with Crippen LogP contribution in [0.4, 0.5) is 17.1 Å². The van der Waals surface area contributed by atoms with Gasteiger partial charge in [0.15, 0.2) is 0 Å². The molecule has 3 rings (SSSR count). The van der Waals surface area contributed by atoms with E-state index >= 15 is 0 Å². The van der Waals surface area contributed by atoms with Crippen LogP contribution in [0.25, 0.3) is 0 Å². The summed E-state index contributed by atoms with van der Waals surface area (Å²) >= 11 is 0. The molecule has 1 amide bonds. The van der Waals surface area contributed by atoms with Crippen LogP contribution in [0.2, 0.25) is 0 Å². The molecule has 0 unspecified atom stereocenters. The molecule has 0 fully saturated rings. The van der Waals surface area contributed by atoms with Crippen LogP contribution in [0.15, 0.2) is 79.1 Å². The van der Waals surface area contributed by atoms with Crippen LogP contribution in [-0.2, 0) is 0 Å². The van der Waals surface area contributed by atoms with E-state index < -0.39 is 0 Å². The number of aromatic nitrogens is 1. The highest BCUT2D eigenvalue weighted by Crippen LogP contribution is 2.19. The lowest BCUT2D eigenvalue weighted by Gasteiger charge is -2.08. The molecule has 4 nitrogen and oxygen atoms in total. The van der Waals surface area contributed by atoms with E-state index in [0.717, 1.165) is 17.1 Å². The fourth-order valence-corrected chi connectivity index (χ4v) is 2.03. The zero-order valence-electron chi connectivity index (χ0n) is 11.9. The number of nitrogens with zero attached hydrogens (tertiary/aromatic N) is 1. The summed E-state index contributed by atoms with van der Waals surface area (Å²) in [6.45, 7) is 0. The normalized spacial score (nSPS) is 10.0. The Morgan fingerprint density at radius 3 is 2.00 bits per heavy atom. The van der Waals surface area contributed by atoms with E-state index in [1.54, 1.807) is 24.5 Å². The number of para-hydroxylation sites is 1. The fraction of sp³-hybridized carbons (Fsp3) is 0. The van der Waals surface area contributed by atoms with Gasteiger partial charge < -0.3 is 10.6 Å². The molecule has 0 aliphatic carbocycles. The minimum Gasteiger partial charge on any atom is -0.356 e. The molecule has 4 heteroatoms. The Bertz CT molecular complexity index is 740. The van der Waals surface area contributed by atoms with Crippen LogP contribution < -0.4 is 10.6 Å². The van der Waals surface area contributed by atoms with E-state index in [9.17, 15) is 4.79 Å². The van der Waals surface area contributed by atoms with Gasteiger partial charge in [-0.05, 0) is 48.5 Å². The number of rotatable bonds is 4. The minimum atomic E-state index is -0.147. The first-order valence-corrected chi connectivity index (χ1v) is 6.95. The maximum atomic E-state index is 12.0. The van der Waals surface area contributed by atoms with Gasteiger partial charge in [0.25, 0.3) is 5.91 Å². The quantitative estimate of drug-likeness (QED) is 0.761. The van der Waals surface area contributed by atoms with Crippen LogP contribution in [0, 0.1) is 0 Å². The molecule has 1 heterocycles. The van der Waals surface area contributed by atoms with Crippen molar-refractivity contribution in [1.82, 2.24) is 4.98 Å². The first-order chi connectivity index (χ1) is 10.8. The van der Waals surface area contributed by atoms with Gasteiger partial charge in [-0.2, -0.15) is 0 Å². The summed E-state index contributed by atoms with van der Waals surface area (Å²) in [7, 11) is 0. The van der Waals surface area contributed by atoms with E-state index in [0.29, 0.717) is 5.56 Å². The number of carbonyl (C=O) groups is 1. The largest absolute Gasteiger partial charge is 0.356 e. The molecule has 0 bridgehead atoms. The van der Waals surface area contributed by atoms with Crippen molar-refractivity contribution in [3.8, 4) is 0 Å². The summed E-state index contributed by atoms with van der Waals surface area (Å²) in [5, 5.41) is 6.15. The van der Waals surface area contributed by atoms with Gasteiger partial charge in [0.05, 0.1) is 0 Å². The van der Waals surface area contributed by atoms with Gasteiger partial charge in [0, 0.05) is 35.0 Å². The molecule has 2 aromatic carbocycles. The zero-order chi connectivity index (χ0) is 15.2. The van der Waals surface area contributed by atoms with E-state index in [4.69, 9.17) is 0 Å². The highest BCUT2D eigenvalue weighted by Gasteiger charge is 2.05. The number of anilines is 3. The first kappa shape index (κ1) is 13.8. The van der Waals surface area contributed by atoms with Gasteiger partial charge >= 0.3 is 0 Å². The number of hydrogen-bond donors (Lipinski definition) is 2. The molecule has 0 saturated carbocycles. The number of carbonyl (C=O) groups excluding carboxylic acids is 1. The number of nitrogens with one attached hydrogen (secondary N) is 2. The lowest BCUT2D eigenvalue weighted by atomic mass is 10.2. The molecule has 0 atom stereocenters. The molecular weight excluding hydrogens is 274 g/mol. The molecule has 0 spiro atoms. The summed E-state index contributed by atoms with van der Waals surface area (Å²) in [5.41, 5.74) is 3.33. The second-order valence-corrected chi connectivity index (χ2v) is 4.76. The van der Waals surface area contributed by atoms with Gasteiger partial charge in [0.2, 0.25) is 0 Å². The van der Waals surface area contributed by atoms with E-state index in [1.165, 1.54) is 0 Å². The molecular formula is C18H15N3O. The third kappa shape index (κ3) is 3.49. The highest BCUT2D eigenvalue weighted by atomic mass is 16.1. The zero-order valence-corrected chi connectivity index (χ0v) is 11.9. The smallest absolute Gasteiger partial charge is 0.255 e. The van der Waals surface area contributed by atoms with Crippen LogP contribution >= 0.6 is 0 Å². The molecule has 2 N–H and O–H groups in total. The number of pyridine rings is 1. The van der Waals surface area contributed by atoms with Crippen LogP contribution in [0.5, 0.6) is 0 Å². The van der Waals surface area contributed by atoms with Crippen molar-refractivity contribution in [2.45, 2.75) is 0 Å². The van der Waals surface area contributed by atoms with Crippen molar-refractivity contribution in [3.63, 3.8) is 0 Å².